The summed E-state index contributed by atoms with van der Waals surface area (Å²) < 4.78 is 18.3. The average Bonchev–Trinajstić information content (AvgIpc) is 2.53. The number of carbonyl (C=O) groups is 3. The van der Waals surface area contributed by atoms with Crippen LogP contribution < -0.4 is 15.5 Å². The van der Waals surface area contributed by atoms with E-state index in [2.05, 4.69) is 15.4 Å². The third-order valence-electron chi connectivity index (χ3n) is 3.75. The monoisotopic (exact) mass is 358 g/mol. The Labute approximate surface area is 143 Å². The Morgan fingerprint density at radius 2 is 2.25 bits per heavy atom. The second-order valence-corrected chi connectivity index (χ2v) is 5.82. The van der Waals surface area contributed by atoms with E-state index >= 15 is 0 Å². The maximum atomic E-state index is 13.7. The van der Waals surface area contributed by atoms with Crippen molar-refractivity contribution in [3.8, 4) is 0 Å². The van der Waals surface area contributed by atoms with E-state index in [0.29, 0.717) is 18.0 Å². The number of rotatable bonds is 5. The van der Waals surface area contributed by atoms with Gasteiger partial charge in [0.15, 0.2) is 12.6 Å². The Morgan fingerprint density at radius 1 is 1.50 bits per heavy atom. The van der Waals surface area contributed by atoms with Gasteiger partial charge in [-0.15, -0.1) is 0 Å². The number of esters is 1. The van der Waals surface area contributed by atoms with Crippen LogP contribution in [0.5, 0.6) is 0 Å². The molecule has 2 atom stereocenters. The van der Waals surface area contributed by atoms with E-state index in [9.17, 15) is 18.8 Å². The summed E-state index contributed by atoms with van der Waals surface area (Å²) in [5.74, 6) is -1.95. The Hall–Kier alpha value is -2.19. The number of halogens is 2. The number of hydrogen-bond acceptors (Lipinski definition) is 4. The summed E-state index contributed by atoms with van der Waals surface area (Å²) in [4.78, 5) is 36.2. The number of quaternary nitrogens is 1. The van der Waals surface area contributed by atoms with Crippen LogP contribution in [0.3, 0.4) is 0 Å². The van der Waals surface area contributed by atoms with Gasteiger partial charge in [0.1, 0.15) is 12.2 Å². The molecule has 7 nitrogen and oxygen atoms in total. The quantitative estimate of drug-likeness (QED) is 0.611. The average molecular weight is 359 g/mol. The second-order valence-electron chi connectivity index (χ2n) is 5.38. The second kappa shape index (κ2) is 8.07. The number of hydrogen-bond donors (Lipinski definition) is 3. The summed E-state index contributed by atoms with van der Waals surface area (Å²) in [7, 11) is 1.23. The van der Waals surface area contributed by atoms with E-state index in [-0.39, 0.29) is 29.6 Å². The van der Waals surface area contributed by atoms with Gasteiger partial charge in [0.2, 0.25) is 0 Å². The molecular formula is C15H18ClFN3O4+. The molecule has 130 valence electrons. The summed E-state index contributed by atoms with van der Waals surface area (Å²) in [5.41, 5.74) is 0.00905. The highest BCUT2D eigenvalue weighted by Gasteiger charge is 2.36. The highest BCUT2D eigenvalue weighted by Crippen LogP contribution is 2.18. The lowest BCUT2D eigenvalue weighted by molar-refractivity contribution is -0.909. The molecule has 1 saturated heterocycles. The first-order valence-corrected chi connectivity index (χ1v) is 7.72. The zero-order valence-electron chi connectivity index (χ0n) is 13.0. The van der Waals surface area contributed by atoms with Crippen molar-refractivity contribution in [2.24, 2.45) is 0 Å². The van der Waals surface area contributed by atoms with Crippen molar-refractivity contribution in [3.63, 3.8) is 0 Å². The lowest BCUT2D eigenvalue weighted by atomic mass is 10.1. The lowest BCUT2D eigenvalue weighted by Crippen LogP contribution is -3.20. The first kappa shape index (κ1) is 18.2. The van der Waals surface area contributed by atoms with Crippen molar-refractivity contribution in [3.05, 3.63) is 29.0 Å². The highest BCUT2D eigenvalue weighted by molar-refractivity contribution is 6.30. The van der Waals surface area contributed by atoms with Crippen molar-refractivity contribution in [2.75, 3.05) is 32.1 Å². The Bertz CT molecular complexity index is 656. The Kier molecular flexibility index (Phi) is 6.10. The molecule has 0 spiro atoms. The normalized spacial score (nSPS) is 20.2. The number of benzene rings is 1. The molecular weight excluding hydrogens is 341 g/mol. The SMILES string of the molecule is COC(=O)C[C@H]1C(=O)NCC[NH+]1CC(=O)Nc1ccc(Cl)cc1F. The molecule has 1 aromatic carbocycles. The van der Waals surface area contributed by atoms with Gasteiger partial charge in [-0.2, -0.15) is 0 Å². The molecule has 3 N–H and O–H groups in total. The molecule has 0 aromatic heterocycles. The summed E-state index contributed by atoms with van der Waals surface area (Å²) in [6.07, 6.45) is -0.125. The van der Waals surface area contributed by atoms with E-state index in [1.165, 1.54) is 19.2 Å². The van der Waals surface area contributed by atoms with Crippen LogP contribution in [0.15, 0.2) is 18.2 Å². The van der Waals surface area contributed by atoms with E-state index in [1.54, 1.807) is 0 Å². The smallest absolute Gasteiger partial charge is 0.312 e. The number of methoxy groups -OCH3 is 1. The molecule has 9 heteroatoms. The van der Waals surface area contributed by atoms with E-state index in [1.807, 2.05) is 0 Å². The molecule has 0 bridgehead atoms. The molecule has 0 radical (unpaired) electrons. The Balaban J connectivity index is 2.02. The molecule has 0 aliphatic carbocycles. The van der Waals surface area contributed by atoms with Crippen LogP contribution in [0.1, 0.15) is 6.42 Å². The van der Waals surface area contributed by atoms with Gasteiger partial charge in [-0.05, 0) is 18.2 Å². The predicted octanol–water partition coefficient (Wildman–Crippen LogP) is -0.636. The van der Waals surface area contributed by atoms with Crippen LogP contribution in [-0.4, -0.2) is 50.6 Å². The van der Waals surface area contributed by atoms with Gasteiger partial charge in [0, 0.05) is 5.02 Å². The molecule has 24 heavy (non-hydrogen) atoms. The van der Waals surface area contributed by atoms with Gasteiger partial charge in [0.25, 0.3) is 11.8 Å². The number of piperazine rings is 1. The van der Waals surface area contributed by atoms with Crippen molar-refractivity contribution >= 4 is 35.1 Å². The number of ether oxygens (including phenoxy) is 1. The fourth-order valence-electron chi connectivity index (χ4n) is 2.52. The van der Waals surface area contributed by atoms with E-state index < -0.39 is 23.7 Å². The maximum Gasteiger partial charge on any atom is 0.312 e. The van der Waals surface area contributed by atoms with Crippen molar-refractivity contribution < 1.29 is 28.4 Å². The third kappa shape index (κ3) is 4.65. The van der Waals surface area contributed by atoms with Gasteiger partial charge in [-0.25, -0.2) is 4.39 Å². The minimum Gasteiger partial charge on any atom is -0.469 e. The summed E-state index contributed by atoms with van der Waals surface area (Å²) in [6.45, 7) is 0.801. The molecule has 2 amide bonds. The van der Waals surface area contributed by atoms with Gasteiger partial charge >= 0.3 is 5.97 Å². The molecule has 1 aliphatic heterocycles. The number of amides is 2. The molecule has 1 aromatic rings. The number of nitrogens with one attached hydrogen (secondary N) is 3. The predicted molar refractivity (Wildman–Crippen MR) is 84.2 cm³/mol. The molecule has 1 fully saturated rings. The van der Waals surface area contributed by atoms with Gasteiger partial charge < -0.3 is 20.3 Å². The van der Waals surface area contributed by atoms with Crippen molar-refractivity contribution in [1.29, 1.82) is 0 Å². The maximum absolute atomic E-state index is 13.7. The highest BCUT2D eigenvalue weighted by atomic mass is 35.5. The summed E-state index contributed by atoms with van der Waals surface area (Å²) in [6, 6.07) is 3.20. The van der Waals surface area contributed by atoms with Crippen LogP contribution in [0.4, 0.5) is 10.1 Å². The van der Waals surface area contributed by atoms with Crippen LogP contribution in [0, 0.1) is 5.82 Å². The Morgan fingerprint density at radius 3 is 2.92 bits per heavy atom. The van der Waals surface area contributed by atoms with Gasteiger partial charge in [-0.1, -0.05) is 11.6 Å². The fraction of sp³-hybridized carbons (Fsp3) is 0.400. The van der Waals surface area contributed by atoms with Gasteiger partial charge in [0.05, 0.1) is 25.9 Å². The molecule has 0 saturated carbocycles. The number of anilines is 1. The zero-order chi connectivity index (χ0) is 17.7. The summed E-state index contributed by atoms with van der Waals surface area (Å²) >= 11 is 5.66. The first-order chi connectivity index (χ1) is 11.4. The van der Waals surface area contributed by atoms with Crippen molar-refractivity contribution in [1.82, 2.24) is 5.32 Å². The van der Waals surface area contributed by atoms with Crippen LogP contribution in [-0.2, 0) is 19.1 Å². The molecule has 1 aliphatic rings. The lowest BCUT2D eigenvalue weighted by Gasteiger charge is -2.30. The largest absolute Gasteiger partial charge is 0.469 e. The minimum absolute atomic E-state index is 0.00905. The fourth-order valence-corrected chi connectivity index (χ4v) is 2.68. The topological polar surface area (TPSA) is 88.9 Å². The molecule has 2 rings (SSSR count). The molecule has 1 heterocycles. The number of carbonyl (C=O) groups excluding carboxylic acids is 3. The first-order valence-electron chi connectivity index (χ1n) is 7.34. The van der Waals surface area contributed by atoms with Crippen LogP contribution in [0.2, 0.25) is 5.02 Å². The van der Waals surface area contributed by atoms with E-state index in [4.69, 9.17) is 11.6 Å². The van der Waals surface area contributed by atoms with Crippen molar-refractivity contribution in [2.45, 2.75) is 12.5 Å². The molecule has 1 unspecified atom stereocenters. The van der Waals surface area contributed by atoms with Gasteiger partial charge in [-0.3, -0.25) is 14.4 Å². The third-order valence-corrected chi connectivity index (χ3v) is 3.98. The zero-order valence-corrected chi connectivity index (χ0v) is 13.8. The summed E-state index contributed by atoms with van der Waals surface area (Å²) in [5, 5.41) is 5.33. The van der Waals surface area contributed by atoms with Crippen LogP contribution >= 0.6 is 11.6 Å². The minimum atomic E-state index is -0.716. The van der Waals surface area contributed by atoms with E-state index in [0.717, 1.165) is 6.07 Å². The standard InChI is InChI=1S/C15H17ClFN3O4/c1-24-14(22)7-12-15(23)18-4-5-20(12)8-13(21)19-11-3-2-9(16)6-10(11)17/h2-3,6,12H,4-5,7-8H2,1H3,(H,18,23)(H,19,21)/p+1/t12-/m0/s1. The van der Waals surface area contributed by atoms with Crippen LogP contribution in [0.25, 0.3) is 0 Å².